The van der Waals surface area contributed by atoms with Gasteiger partial charge in [-0.25, -0.2) is 4.98 Å². The molecule has 3 rings (SSSR count). The molecule has 0 aliphatic rings. The molecular weight excluding hydrogens is 276 g/mol. The molecule has 22 heavy (non-hydrogen) atoms. The summed E-state index contributed by atoms with van der Waals surface area (Å²) in [7, 11) is 1.64. The fraction of sp³-hybridized carbons (Fsp3) is 0.111. The third-order valence-corrected chi connectivity index (χ3v) is 3.37. The molecule has 1 aromatic heterocycles. The molecule has 0 radical (unpaired) electrons. The van der Waals surface area contributed by atoms with Gasteiger partial charge in [0.15, 0.2) is 0 Å². The number of benzene rings is 2. The lowest BCUT2D eigenvalue weighted by Crippen LogP contribution is -2.12. The number of methoxy groups -OCH3 is 1. The fourth-order valence-corrected chi connectivity index (χ4v) is 2.24. The van der Waals surface area contributed by atoms with Gasteiger partial charge in [-0.1, -0.05) is 30.3 Å². The highest BCUT2D eigenvalue weighted by molar-refractivity contribution is 6.04. The molecule has 0 saturated carbocycles. The molecule has 0 saturated heterocycles. The van der Waals surface area contributed by atoms with Crippen LogP contribution in [0.3, 0.4) is 0 Å². The minimum absolute atomic E-state index is 0.174. The number of hydrogen-bond donors (Lipinski definition) is 1. The van der Waals surface area contributed by atoms with E-state index in [0.29, 0.717) is 18.0 Å². The lowest BCUT2D eigenvalue weighted by atomic mass is 10.1. The first kappa shape index (κ1) is 14.2. The Bertz CT molecular complexity index is 798. The van der Waals surface area contributed by atoms with Crippen molar-refractivity contribution < 1.29 is 9.53 Å². The maximum absolute atomic E-state index is 12.2. The van der Waals surface area contributed by atoms with Crippen molar-refractivity contribution in [2.75, 3.05) is 12.4 Å². The van der Waals surface area contributed by atoms with Crippen molar-refractivity contribution >= 4 is 22.6 Å². The zero-order chi connectivity index (χ0) is 15.4. The standard InChI is InChI=1S/C18H16N2O2/c1-22-12-13-6-8-15(9-7-13)18(21)20-17-11-10-14-4-2-3-5-16(14)19-17/h2-11H,12H2,1H3,(H,19,20,21). The third-order valence-electron chi connectivity index (χ3n) is 3.37. The molecule has 2 aromatic carbocycles. The van der Waals surface area contributed by atoms with E-state index in [1.165, 1.54) is 0 Å². The molecular formula is C18H16N2O2. The predicted octanol–water partition coefficient (Wildman–Crippen LogP) is 3.63. The molecule has 1 amide bonds. The summed E-state index contributed by atoms with van der Waals surface area (Å²) in [5.74, 6) is 0.372. The molecule has 0 bridgehead atoms. The van der Waals surface area contributed by atoms with Crippen molar-refractivity contribution in [3.8, 4) is 0 Å². The van der Waals surface area contributed by atoms with Gasteiger partial charge < -0.3 is 10.1 Å². The van der Waals surface area contributed by atoms with E-state index in [4.69, 9.17) is 4.74 Å². The number of amides is 1. The topological polar surface area (TPSA) is 51.2 Å². The normalized spacial score (nSPS) is 10.6. The number of nitrogens with zero attached hydrogens (tertiary/aromatic N) is 1. The van der Waals surface area contributed by atoms with Crippen LogP contribution < -0.4 is 5.32 Å². The van der Waals surface area contributed by atoms with Crippen LogP contribution in [0, 0.1) is 0 Å². The van der Waals surface area contributed by atoms with E-state index in [1.54, 1.807) is 25.3 Å². The zero-order valence-electron chi connectivity index (χ0n) is 12.2. The van der Waals surface area contributed by atoms with Crippen molar-refractivity contribution in [3.05, 3.63) is 71.8 Å². The maximum Gasteiger partial charge on any atom is 0.256 e. The minimum Gasteiger partial charge on any atom is -0.380 e. The number of aromatic nitrogens is 1. The van der Waals surface area contributed by atoms with Crippen LogP contribution in [0.2, 0.25) is 0 Å². The largest absolute Gasteiger partial charge is 0.380 e. The Morgan fingerprint density at radius 1 is 1.05 bits per heavy atom. The lowest BCUT2D eigenvalue weighted by molar-refractivity contribution is 0.102. The molecule has 0 spiro atoms. The SMILES string of the molecule is COCc1ccc(C(=O)Nc2ccc3ccccc3n2)cc1. The van der Waals surface area contributed by atoms with Crippen molar-refractivity contribution in [1.82, 2.24) is 4.98 Å². The Kier molecular flexibility index (Phi) is 4.12. The van der Waals surface area contributed by atoms with Crippen molar-refractivity contribution in [1.29, 1.82) is 0 Å². The summed E-state index contributed by atoms with van der Waals surface area (Å²) in [4.78, 5) is 16.7. The second-order valence-corrected chi connectivity index (χ2v) is 4.97. The first-order valence-electron chi connectivity index (χ1n) is 7.01. The zero-order valence-corrected chi connectivity index (χ0v) is 12.2. The summed E-state index contributed by atoms with van der Waals surface area (Å²) < 4.78 is 5.05. The van der Waals surface area contributed by atoms with Gasteiger partial charge in [0, 0.05) is 18.1 Å². The van der Waals surface area contributed by atoms with E-state index >= 15 is 0 Å². The Hall–Kier alpha value is -2.72. The molecule has 110 valence electrons. The summed E-state index contributed by atoms with van der Waals surface area (Å²) >= 11 is 0. The number of para-hydroxylation sites is 1. The number of anilines is 1. The van der Waals surface area contributed by atoms with E-state index in [0.717, 1.165) is 16.5 Å². The number of ether oxygens (including phenoxy) is 1. The summed E-state index contributed by atoms with van der Waals surface area (Å²) in [6.07, 6.45) is 0. The highest BCUT2D eigenvalue weighted by Gasteiger charge is 2.07. The van der Waals surface area contributed by atoms with Crippen molar-refractivity contribution in [3.63, 3.8) is 0 Å². The Balaban J connectivity index is 1.77. The van der Waals surface area contributed by atoms with Gasteiger partial charge >= 0.3 is 0 Å². The number of nitrogens with one attached hydrogen (secondary N) is 1. The first-order chi connectivity index (χ1) is 10.8. The summed E-state index contributed by atoms with van der Waals surface area (Å²) in [5, 5.41) is 3.87. The van der Waals surface area contributed by atoms with E-state index in [-0.39, 0.29) is 5.91 Å². The van der Waals surface area contributed by atoms with Crippen LogP contribution in [0.25, 0.3) is 10.9 Å². The van der Waals surface area contributed by atoms with Crippen molar-refractivity contribution in [2.24, 2.45) is 0 Å². The molecule has 0 aliphatic heterocycles. The third kappa shape index (κ3) is 3.13. The second kappa shape index (κ2) is 6.37. The second-order valence-electron chi connectivity index (χ2n) is 4.97. The quantitative estimate of drug-likeness (QED) is 0.799. The van der Waals surface area contributed by atoms with Crippen LogP contribution in [-0.4, -0.2) is 18.0 Å². The molecule has 3 aromatic rings. The van der Waals surface area contributed by atoms with E-state index in [9.17, 15) is 4.79 Å². The summed E-state index contributed by atoms with van der Waals surface area (Å²) in [5.41, 5.74) is 2.48. The van der Waals surface area contributed by atoms with Crippen LogP contribution in [0.5, 0.6) is 0 Å². The molecule has 0 fully saturated rings. The molecule has 4 heteroatoms. The van der Waals surface area contributed by atoms with E-state index < -0.39 is 0 Å². The average molecular weight is 292 g/mol. The first-order valence-corrected chi connectivity index (χ1v) is 7.01. The van der Waals surface area contributed by atoms with Gasteiger partial charge in [0.25, 0.3) is 5.91 Å². The van der Waals surface area contributed by atoms with Crippen LogP contribution in [-0.2, 0) is 11.3 Å². The van der Waals surface area contributed by atoms with Crippen molar-refractivity contribution in [2.45, 2.75) is 6.61 Å². The minimum atomic E-state index is -0.174. The monoisotopic (exact) mass is 292 g/mol. The van der Waals surface area contributed by atoms with Crippen LogP contribution in [0.1, 0.15) is 15.9 Å². The molecule has 0 unspecified atom stereocenters. The average Bonchev–Trinajstić information content (AvgIpc) is 2.56. The Labute approximate surface area is 128 Å². The number of rotatable bonds is 4. The number of pyridine rings is 1. The van der Waals surface area contributed by atoms with Gasteiger partial charge in [-0.15, -0.1) is 0 Å². The van der Waals surface area contributed by atoms with Gasteiger partial charge in [-0.2, -0.15) is 0 Å². The van der Waals surface area contributed by atoms with Crippen LogP contribution >= 0.6 is 0 Å². The van der Waals surface area contributed by atoms with Crippen LogP contribution in [0.15, 0.2) is 60.7 Å². The van der Waals surface area contributed by atoms with Gasteiger partial charge in [-0.3, -0.25) is 4.79 Å². The number of fused-ring (bicyclic) bond motifs is 1. The number of carbonyl (C=O) groups is 1. The Morgan fingerprint density at radius 3 is 2.59 bits per heavy atom. The summed E-state index contributed by atoms with van der Waals surface area (Å²) in [6.45, 7) is 0.536. The van der Waals surface area contributed by atoms with Crippen LogP contribution in [0.4, 0.5) is 5.82 Å². The molecule has 1 N–H and O–H groups in total. The van der Waals surface area contributed by atoms with Gasteiger partial charge in [-0.05, 0) is 35.9 Å². The highest BCUT2D eigenvalue weighted by atomic mass is 16.5. The van der Waals surface area contributed by atoms with Gasteiger partial charge in [0.2, 0.25) is 0 Å². The maximum atomic E-state index is 12.2. The predicted molar refractivity (Wildman–Crippen MR) is 86.9 cm³/mol. The fourth-order valence-electron chi connectivity index (χ4n) is 2.24. The number of carbonyl (C=O) groups excluding carboxylic acids is 1. The molecule has 4 nitrogen and oxygen atoms in total. The highest BCUT2D eigenvalue weighted by Crippen LogP contribution is 2.15. The number of hydrogen-bond acceptors (Lipinski definition) is 3. The Morgan fingerprint density at radius 2 is 1.82 bits per heavy atom. The smallest absolute Gasteiger partial charge is 0.256 e. The van der Waals surface area contributed by atoms with Gasteiger partial charge in [0.1, 0.15) is 5.82 Å². The molecule has 1 heterocycles. The molecule has 0 aliphatic carbocycles. The van der Waals surface area contributed by atoms with E-state index in [1.807, 2.05) is 42.5 Å². The molecule has 0 atom stereocenters. The van der Waals surface area contributed by atoms with Gasteiger partial charge in [0.05, 0.1) is 12.1 Å². The summed E-state index contributed by atoms with van der Waals surface area (Å²) in [6, 6.07) is 18.9. The lowest BCUT2D eigenvalue weighted by Gasteiger charge is -2.06. The van der Waals surface area contributed by atoms with E-state index in [2.05, 4.69) is 10.3 Å².